The van der Waals surface area contributed by atoms with E-state index >= 15 is 0 Å². The van der Waals surface area contributed by atoms with Crippen molar-refractivity contribution in [1.29, 1.82) is 0 Å². The highest BCUT2D eigenvalue weighted by Crippen LogP contribution is 2.08. The van der Waals surface area contributed by atoms with Crippen LogP contribution in [0.1, 0.15) is 23.3 Å². The molecule has 0 aromatic carbocycles. The van der Waals surface area contributed by atoms with E-state index in [0.717, 1.165) is 5.69 Å². The molecule has 0 unspecified atom stereocenters. The zero-order chi connectivity index (χ0) is 13.5. The Morgan fingerprint density at radius 2 is 2.32 bits per heavy atom. The molecule has 2 rings (SSSR count). The van der Waals surface area contributed by atoms with Gasteiger partial charge in [0.15, 0.2) is 6.33 Å². The van der Waals surface area contributed by atoms with Gasteiger partial charge in [-0.15, -0.1) is 0 Å². The Labute approximate surface area is 110 Å². The number of hydrogen-bond donors (Lipinski definition) is 2. The molecule has 0 saturated carbocycles. The number of hydrogen-bond acceptors (Lipinski definition) is 6. The summed E-state index contributed by atoms with van der Waals surface area (Å²) in [6.07, 6.45) is 3.59. The van der Waals surface area contributed by atoms with Gasteiger partial charge in [-0.05, 0) is 19.1 Å². The maximum atomic E-state index is 11.6. The molecule has 0 aliphatic heterocycles. The van der Waals surface area contributed by atoms with Crippen molar-refractivity contribution in [3.8, 4) is 0 Å². The predicted octanol–water partition coefficient (Wildman–Crippen LogP) is 0.869. The van der Waals surface area contributed by atoms with E-state index in [1.807, 2.05) is 6.92 Å². The molecular formula is C12H15N5O2. The van der Waals surface area contributed by atoms with Crippen LogP contribution in [0.25, 0.3) is 0 Å². The first kappa shape index (κ1) is 13.0. The molecule has 0 fully saturated rings. The summed E-state index contributed by atoms with van der Waals surface area (Å²) in [6, 6.07) is 3.51. The molecular weight excluding hydrogens is 246 g/mol. The Bertz CT molecular complexity index is 527. The molecule has 19 heavy (non-hydrogen) atoms. The Morgan fingerprint density at radius 3 is 3.05 bits per heavy atom. The van der Waals surface area contributed by atoms with Gasteiger partial charge in [0.25, 0.3) is 5.91 Å². The summed E-state index contributed by atoms with van der Waals surface area (Å²) >= 11 is 0. The summed E-state index contributed by atoms with van der Waals surface area (Å²) in [5.41, 5.74) is 1.22. The van der Waals surface area contributed by atoms with Crippen molar-refractivity contribution in [1.82, 2.24) is 20.4 Å². The number of aromatic nitrogens is 3. The number of anilines is 1. The van der Waals surface area contributed by atoms with Gasteiger partial charge in [0, 0.05) is 31.4 Å². The van der Waals surface area contributed by atoms with Crippen molar-refractivity contribution in [2.45, 2.75) is 13.3 Å². The fourth-order valence-corrected chi connectivity index (χ4v) is 1.54. The average molecular weight is 261 g/mol. The minimum atomic E-state index is -0.178. The molecule has 0 atom stereocenters. The molecule has 2 N–H and O–H groups in total. The first-order chi connectivity index (χ1) is 9.29. The smallest absolute Gasteiger partial charge is 0.269 e. The van der Waals surface area contributed by atoms with Crippen LogP contribution < -0.4 is 10.6 Å². The number of nitrogens with zero attached hydrogens (tertiary/aromatic N) is 3. The number of pyridine rings is 1. The lowest BCUT2D eigenvalue weighted by molar-refractivity contribution is 0.0951. The first-order valence-electron chi connectivity index (χ1n) is 6.03. The zero-order valence-electron chi connectivity index (χ0n) is 10.6. The predicted molar refractivity (Wildman–Crippen MR) is 68.7 cm³/mol. The zero-order valence-corrected chi connectivity index (χ0v) is 10.6. The normalized spacial score (nSPS) is 10.2. The lowest BCUT2D eigenvalue weighted by Crippen LogP contribution is -2.23. The summed E-state index contributed by atoms with van der Waals surface area (Å²) in [6.45, 7) is 3.08. The van der Waals surface area contributed by atoms with Gasteiger partial charge < -0.3 is 15.2 Å². The Kier molecular flexibility index (Phi) is 4.44. The quantitative estimate of drug-likeness (QED) is 0.801. The van der Waals surface area contributed by atoms with Crippen LogP contribution in [0.2, 0.25) is 0 Å². The largest absolute Gasteiger partial charge is 0.384 e. The van der Waals surface area contributed by atoms with Crippen LogP contribution >= 0.6 is 0 Å². The summed E-state index contributed by atoms with van der Waals surface area (Å²) in [5.74, 6) is 0.397. The van der Waals surface area contributed by atoms with Gasteiger partial charge >= 0.3 is 0 Å². The molecule has 1 amide bonds. The SMILES string of the molecule is CCNC(=O)c1cc(NCCc2ncno2)ccn1. The third-order valence-corrected chi connectivity index (χ3v) is 2.40. The average Bonchev–Trinajstić information content (AvgIpc) is 2.93. The van der Waals surface area contributed by atoms with Gasteiger partial charge in [-0.3, -0.25) is 9.78 Å². The number of nitrogens with one attached hydrogen (secondary N) is 2. The van der Waals surface area contributed by atoms with Crippen LogP contribution in [-0.2, 0) is 6.42 Å². The van der Waals surface area contributed by atoms with Crippen LogP contribution in [0.3, 0.4) is 0 Å². The second kappa shape index (κ2) is 6.48. The van der Waals surface area contributed by atoms with Crippen molar-refractivity contribution in [2.75, 3.05) is 18.4 Å². The highest BCUT2D eigenvalue weighted by Gasteiger charge is 2.06. The molecule has 2 heterocycles. The Hall–Kier alpha value is -2.44. The second-order valence-corrected chi connectivity index (χ2v) is 3.80. The van der Waals surface area contributed by atoms with E-state index in [1.165, 1.54) is 6.33 Å². The van der Waals surface area contributed by atoms with Crippen LogP contribution in [0.15, 0.2) is 29.2 Å². The number of carbonyl (C=O) groups is 1. The van der Waals surface area contributed by atoms with E-state index in [0.29, 0.717) is 31.1 Å². The Balaban J connectivity index is 1.90. The van der Waals surface area contributed by atoms with E-state index in [4.69, 9.17) is 4.52 Å². The molecule has 0 radical (unpaired) electrons. The molecule has 7 heteroatoms. The molecule has 2 aromatic heterocycles. The van der Waals surface area contributed by atoms with Gasteiger partial charge in [-0.25, -0.2) is 0 Å². The topological polar surface area (TPSA) is 92.9 Å². The van der Waals surface area contributed by atoms with Crippen molar-refractivity contribution in [3.63, 3.8) is 0 Å². The van der Waals surface area contributed by atoms with Crippen LogP contribution in [0.4, 0.5) is 5.69 Å². The van der Waals surface area contributed by atoms with E-state index in [2.05, 4.69) is 25.8 Å². The monoisotopic (exact) mass is 261 g/mol. The van der Waals surface area contributed by atoms with Crippen molar-refractivity contribution >= 4 is 11.6 Å². The van der Waals surface area contributed by atoms with Crippen LogP contribution in [0, 0.1) is 0 Å². The lowest BCUT2D eigenvalue weighted by atomic mass is 10.3. The molecule has 0 bridgehead atoms. The van der Waals surface area contributed by atoms with E-state index in [9.17, 15) is 4.79 Å². The summed E-state index contributed by atoms with van der Waals surface area (Å²) < 4.78 is 4.89. The Morgan fingerprint density at radius 1 is 1.42 bits per heavy atom. The van der Waals surface area contributed by atoms with Crippen molar-refractivity contribution in [3.05, 3.63) is 36.2 Å². The number of carbonyl (C=O) groups excluding carboxylic acids is 1. The first-order valence-corrected chi connectivity index (χ1v) is 6.03. The number of rotatable bonds is 6. The fourth-order valence-electron chi connectivity index (χ4n) is 1.54. The van der Waals surface area contributed by atoms with Gasteiger partial charge in [0.05, 0.1) is 0 Å². The van der Waals surface area contributed by atoms with E-state index in [1.54, 1.807) is 18.3 Å². The van der Waals surface area contributed by atoms with Gasteiger partial charge in [-0.1, -0.05) is 5.16 Å². The summed E-state index contributed by atoms with van der Waals surface area (Å²) in [5, 5.41) is 9.41. The van der Waals surface area contributed by atoms with Crippen LogP contribution in [-0.4, -0.2) is 34.1 Å². The summed E-state index contributed by atoms with van der Waals surface area (Å²) in [4.78, 5) is 19.6. The second-order valence-electron chi connectivity index (χ2n) is 3.80. The minimum absolute atomic E-state index is 0.178. The maximum Gasteiger partial charge on any atom is 0.269 e. The highest BCUT2D eigenvalue weighted by molar-refractivity contribution is 5.93. The molecule has 100 valence electrons. The molecule has 0 aliphatic rings. The van der Waals surface area contributed by atoms with Crippen molar-refractivity contribution in [2.24, 2.45) is 0 Å². The number of amides is 1. The molecule has 0 saturated heterocycles. The molecule has 0 aliphatic carbocycles. The van der Waals surface area contributed by atoms with Gasteiger partial charge in [0.1, 0.15) is 5.69 Å². The highest BCUT2D eigenvalue weighted by atomic mass is 16.5. The third kappa shape index (κ3) is 3.77. The van der Waals surface area contributed by atoms with E-state index < -0.39 is 0 Å². The third-order valence-electron chi connectivity index (χ3n) is 2.40. The van der Waals surface area contributed by atoms with Gasteiger partial charge in [0.2, 0.25) is 5.89 Å². The summed E-state index contributed by atoms with van der Waals surface area (Å²) in [7, 11) is 0. The minimum Gasteiger partial charge on any atom is -0.384 e. The molecule has 2 aromatic rings. The van der Waals surface area contributed by atoms with Crippen LogP contribution in [0.5, 0.6) is 0 Å². The van der Waals surface area contributed by atoms with E-state index in [-0.39, 0.29) is 5.91 Å². The maximum absolute atomic E-state index is 11.6. The molecule has 0 spiro atoms. The van der Waals surface area contributed by atoms with Crippen molar-refractivity contribution < 1.29 is 9.32 Å². The lowest BCUT2D eigenvalue weighted by Gasteiger charge is -2.06. The van der Waals surface area contributed by atoms with Gasteiger partial charge in [-0.2, -0.15) is 4.98 Å². The molecule has 7 nitrogen and oxygen atoms in total. The fraction of sp³-hybridized carbons (Fsp3) is 0.333. The standard InChI is InChI=1S/C12H15N5O2/c1-2-13-12(18)10-7-9(3-5-15-10)14-6-4-11-16-8-17-19-11/h3,5,7-8H,2,4,6H2,1H3,(H,13,18)(H,14,15).